The topological polar surface area (TPSA) is 0 Å². The second-order valence-electron chi connectivity index (χ2n) is 2.97. The zero-order valence-corrected chi connectivity index (χ0v) is 10.6. The Kier molecular flexibility index (Phi) is 11.5. The zero-order chi connectivity index (χ0) is 11.6. The van der Waals surface area contributed by atoms with E-state index in [-0.39, 0.29) is 0 Å². The highest BCUT2D eigenvalue weighted by atomic mass is 14.1. The van der Waals surface area contributed by atoms with Crippen LogP contribution in [-0.4, -0.2) is 0 Å². The summed E-state index contributed by atoms with van der Waals surface area (Å²) in [6, 6.07) is 0. The molecule has 0 aromatic carbocycles. The van der Waals surface area contributed by atoms with Crippen LogP contribution in [0.5, 0.6) is 0 Å². The maximum Gasteiger partial charge on any atom is -0.0273 e. The van der Waals surface area contributed by atoms with Crippen molar-refractivity contribution in [1.82, 2.24) is 0 Å². The van der Waals surface area contributed by atoms with Gasteiger partial charge in [-0.1, -0.05) is 58.1 Å². The first-order valence-electron chi connectivity index (χ1n) is 5.74. The standard InChI is InChI=1S/C10H14.2C2H6/c1-8(2)7-10-6-4-5-9(10)3;2*1-2/h7H,1,3-6H2,2H3;2*1-2H3/b10-7-;;. The molecule has 0 N–H and O–H groups in total. The Morgan fingerprint density at radius 3 is 1.93 bits per heavy atom. The first-order chi connectivity index (χ1) is 6.70. The third-order valence-electron chi connectivity index (χ3n) is 1.80. The van der Waals surface area contributed by atoms with E-state index in [1.165, 1.54) is 30.4 Å². The van der Waals surface area contributed by atoms with Crippen molar-refractivity contribution in [2.45, 2.75) is 53.9 Å². The number of allylic oxidation sites excluding steroid dienone is 4. The van der Waals surface area contributed by atoms with E-state index in [4.69, 9.17) is 0 Å². The van der Waals surface area contributed by atoms with Crippen molar-refractivity contribution < 1.29 is 0 Å². The molecule has 1 saturated carbocycles. The van der Waals surface area contributed by atoms with Gasteiger partial charge >= 0.3 is 0 Å². The van der Waals surface area contributed by atoms with Crippen LogP contribution in [0, 0.1) is 0 Å². The second-order valence-corrected chi connectivity index (χ2v) is 2.97. The number of hydrogen-bond acceptors (Lipinski definition) is 0. The molecule has 1 aliphatic rings. The van der Waals surface area contributed by atoms with Crippen LogP contribution in [0.25, 0.3) is 0 Å². The van der Waals surface area contributed by atoms with Crippen LogP contribution >= 0.6 is 0 Å². The fourth-order valence-electron chi connectivity index (χ4n) is 1.30. The fraction of sp³-hybridized carbons (Fsp3) is 0.571. The van der Waals surface area contributed by atoms with Gasteiger partial charge < -0.3 is 0 Å². The summed E-state index contributed by atoms with van der Waals surface area (Å²) in [5, 5.41) is 0. The van der Waals surface area contributed by atoms with Crippen LogP contribution in [0.1, 0.15) is 53.9 Å². The maximum absolute atomic E-state index is 3.98. The van der Waals surface area contributed by atoms with E-state index in [2.05, 4.69) is 19.2 Å². The molecule has 82 valence electrons. The summed E-state index contributed by atoms with van der Waals surface area (Å²) in [6.45, 7) is 17.8. The molecule has 0 aliphatic heterocycles. The smallest absolute Gasteiger partial charge is 0.0273 e. The molecule has 0 heterocycles. The van der Waals surface area contributed by atoms with Crippen LogP contribution in [0.3, 0.4) is 0 Å². The SMILES string of the molecule is C=C(C)/C=C1/CCCC1=C.CC.CC. The Labute approximate surface area is 90.4 Å². The van der Waals surface area contributed by atoms with Crippen LogP contribution in [0.4, 0.5) is 0 Å². The fourth-order valence-corrected chi connectivity index (χ4v) is 1.30. The highest BCUT2D eigenvalue weighted by Crippen LogP contribution is 2.29. The molecule has 0 unspecified atom stereocenters. The van der Waals surface area contributed by atoms with Gasteiger partial charge in [-0.15, -0.1) is 0 Å². The van der Waals surface area contributed by atoms with Crippen molar-refractivity contribution >= 4 is 0 Å². The van der Waals surface area contributed by atoms with Crippen molar-refractivity contribution in [3.63, 3.8) is 0 Å². The molecule has 0 bridgehead atoms. The summed E-state index contributed by atoms with van der Waals surface area (Å²) in [6.07, 6.45) is 5.80. The molecular weight excluding hydrogens is 168 g/mol. The number of hydrogen-bond donors (Lipinski definition) is 0. The molecule has 0 amide bonds. The van der Waals surface area contributed by atoms with Gasteiger partial charge in [0, 0.05) is 0 Å². The molecule has 0 radical (unpaired) electrons. The molecular formula is C14H26. The van der Waals surface area contributed by atoms with Crippen LogP contribution in [-0.2, 0) is 0 Å². The molecule has 14 heavy (non-hydrogen) atoms. The summed E-state index contributed by atoms with van der Waals surface area (Å²) in [4.78, 5) is 0. The maximum atomic E-state index is 3.98. The molecule has 0 aromatic rings. The third kappa shape index (κ3) is 6.71. The van der Waals surface area contributed by atoms with Crippen molar-refractivity contribution in [2.75, 3.05) is 0 Å². The van der Waals surface area contributed by atoms with E-state index in [9.17, 15) is 0 Å². The van der Waals surface area contributed by atoms with E-state index in [1.54, 1.807) is 0 Å². The average Bonchev–Trinajstić information content (AvgIpc) is 2.58. The van der Waals surface area contributed by atoms with Crippen molar-refractivity contribution in [1.29, 1.82) is 0 Å². The van der Waals surface area contributed by atoms with Gasteiger partial charge in [0.1, 0.15) is 0 Å². The van der Waals surface area contributed by atoms with Gasteiger partial charge in [-0.2, -0.15) is 0 Å². The summed E-state index contributed by atoms with van der Waals surface area (Å²) in [5.41, 5.74) is 3.86. The Morgan fingerprint density at radius 1 is 1.14 bits per heavy atom. The van der Waals surface area contributed by atoms with E-state index < -0.39 is 0 Å². The quantitative estimate of drug-likeness (QED) is 0.532. The summed E-state index contributed by atoms with van der Waals surface area (Å²) >= 11 is 0. The Bertz CT molecular complexity index is 194. The van der Waals surface area contributed by atoms with Gasteiger partial charge in [-0.05, 0) is 31.8 Å². The lowest BCUT2D eigenvalue weighted by atomic mass is 10.1. The van der Waals surface area contributed by atoms with Crippen LogP contribution in [0.15, 0.2) is 36.0 Å². The Balaban J connectivity index is 0. The Morgan fingerprint density at radius 2 is 1.64 bits per heavy atom. The van der Waals surface area contributed by atoms with Gasteiger partial charge in [0.05, 0.1) is 0 Å². The largest absolute Gasteiger partial charge is 0.0961 e. The normalized spacial score (nSPS) is 16.6. The first-order valence-corrected chi connectivity index (χ1v) is 5.74. The predicted octanol–water partition coefficient (Wildman–Crippen LogP) is 5.28. The van der Waals surface area contributed by atoms with E-state index in [1.807, 2.05) is 34.6 Å². The molecule has 0 atom stereocenters. The molecule has 0 saturated heterocycles. The van der Waals surface area contributed by atoms with Gasteiger partial charge in [0.15, 0.2) is 0 Å². The van der Waals surface area contributed by atoms with Crippen molar-refractivity contribution in [2.24, 2.45) is 0 Å². The van der Waals surface area contributed by atoms with Gasteiger partial charge in [0.25, 0.3) is 0 Å². The van der Waals surface area contributed by atoms with E-state index in [0.29, 0.717) is 0 Å². The summed E-state index contributed by atoms with van der Waals surface area (Å²) < 4.78 is 0. The molecule has 0 spiro atoms. The second kappa shape index (κ2) is 10.3. The molecule has 0 nitrogen and oxygen atoms in total. The summed E-state index contributed by atoms with van der Waals surface area (Å²) in [7, 11) is 0. The zero-order valence-electron chi connectivity index (χ0n) is 10.6. The monoisotopic (exact) mass is 194 g/mol. The van der Waals surface area contributed by atoms with E-state index >= 15 is 0 Å². The van der Waals surface area contributed by atoms with Crippen LogP contribution < -0.4 is 0 Å². The molecule has 0 aromatic heterocycles. The lowest BCUT2D eigenvalue weighted by Gasteiger charge is -1.96. The Hall–Kier alpha value is -0.780. The highest BCUT2D eigenvalue weighted by molar-refractivity contribution is 5.36. The average molecular weight is 194 g/mol. The lowest BCUT2D eigenvalue weighted by molar-refractivity contribution is 0.933. The third-order valence-corrected chi connectivity index (χ3v) is 1.80. The molecule has 1 rings (SSSR count). The predicted molar refractivity (Wildman–Crippen MR) is 68.6 cm³/mol. The minimum Gasteiger partial charge on any atom is -0.0961 e. The first kappa shape index (κ1) is 15.7. The van der Waals surface area contributed by atoms with Crippen molar-refractivity contribution in [3.8, 4) is 0 Å². The van der Waals surface area contributed by atoms with Gasteiger partial charge in [-0.3, -0.25) is 0 Å². The molecule has 0 heteroatoms. The summed E-state index contributed by atoms with van der Waals surface area (Å²) in [5.74, 6) is 0. The van der Waals surface area contributed by atoms with Gasteiger partial charge in [-0.25, -0.2) is 0 Å². The van der Waals surface area contributed by atoms with Gasteiger partial charge in [0.2, 0.25) is 0 Å². The van der Waals surface area contributed by atoms with Crippen molar-refractivity contribution in [3.05, 3.63) is 36.0 Å². The highest BCUT2D eigenvalue weighted by Gasteiger charge is 2.09. The van der Waals surface area contributed by atoms with E-state index in [0.717, 1.165) is 5.57 Å². The molecule has 1 fully saturated rings. The minimum absolute atomic E-state index is 1.14. The minimum atomic E-state index is 1.14. The molecule has 1 aliphatic carbocycles. The lowest BCUT2D eigenvalue weighted by Crippen LogP contribution is -1.76. The number of rotatable bonds is 1. The van der Waals surface area contributed by atoms with Crippen LogP contribution in [0.2, 0.25) is 0 Å².